The van der Waals surface area contributed by atoms with Gasteiger partial charge in [-0.05, 0) is 20.8 Å². The molecule has 1 aliphatic heterocycles. The van der Waals surface area contributed by atoms with Crippen LogP contribution in [-0.2, 0) is 9.59 Å². The fourth-order valence-electron chi connectivity index (χ4n) is 1.74. The Bertz CT molecular complexity index is 481. The summed E-state index contributed by atoms with van der Waals surface area (Å²) in [6.45, 7) is 17.0. The van der Waals surface area contributed by atoms with Gasteiger partial charge in [0, 0.05) is 7.05 Å². The van der Waals surface area contributed by atoms with Gasteiger partial charge >= 0.3 is 6.03 Å². The summed E-state index contributed by atoms with van der Waals surface area (Å²) in [4.78, 5) is 35.8. The van der Waals surface area contributed by atoms with Gasteiger partial charge in [0.1, 0.15) is 11.8 Å². The predicted molar refractivity (Wildman–Crippen MR) is 110 cm³/mol. The maximum atomic E-state index is 11.4. The molecule has 150 valence electrons. The van der Waals surface area contributed by atoms with Crippen LogP contribution in [0.15, 0.2) is 30.3 Å². The van der Waals surface area contributed by atoms with Gasteiger partial charge in [0.05, 0.1) is 6.54 Å². The Labute approximate surface area is 160 Å². The Morgan fingerprint density at radius 2 is 1.38 bits per heavy atom. The maximum Gasteiger partial charge on any atom is 0.327 e. The number of imide groups is 1. The van der Waals surface area contributed by atoms with Crippen molar-refractivity contribution in [2.24, 2.45) is 0 Å². The minimum Gasteiger partial charge on any atom is -0.316 e. The quantitative estimate of drug-likeness (QED) is 0.697. The summed E-state index contributed by atoms with van der Waals surface area (Å²) in [5, 5.41) is 0. The molecule has 0 aliphatic carbocycles. The standard InChI is InChI=1S/C8H12N2O3.C7H8.3C2H6/c1-5(11)4-10-7(12)6(2)9(3)8(10)13;1-7-5-3-2-4-6-7;3*1-2/h6H,4H2,1-3H3;2-6H,1H3;3*1-2H3. The smallest absolute Gasteiger partial charge is 0.316 e. The number of carbonyl (C=O) groups is 3. The summed E-state index contributed by atoms with van der Waals surface area (Å²) in [6, 6.07) is 9.41. The summed E-state index contributed by atoms with van der Waals surface area (Å²) in [7, 11) is 1.55. The highest BCUT2D eigenvalue weighted by atomic mass is 16.2. The first kappa shape index (κ1) is 28.6. The van der Waals surface area contributed by atoms with Gasteiger partial charge in [-0.25, -0.2) is 4.79 Å². The number of aryl methyl sites for hydroxylation is 1. The molecule has 1 aromatic rings. The van der Waals surface area contributed by atoms with E-state index in [4.69, 9.17) is 0 Å². The zero-order chi connectivity index (χ0) is 21.3. The van der Waals surface area contributed by atoms with E-state index in [1.165, 1.54) is 17.4 Å². The Morgan fingerprint density at radius 1 is 0.962 bits per heavy atom. The van der Waals surface area contributed by atoms with Crippen LogP contribution < -0.4 is 0 Å². The number of urea groups is 1. The molecule has 3 amide bonds. The normalized spacial score (nSPS) is 14.5. The molecule has 1 heterocycles. The molecule has 0 aromatic heterocycles. The molecule has 0 spiro atoms. The van der Waals surface area contributed by atoms with Crippen molar-refractivity contribution in [3.05, 3.63) is 35.9 Å². The van der Waals surface area contributed by atoms with Crippen molar-refractivity contribution in [3.63, 3.8) is 0 Å². The summed E-state index contributed by atoms with van der Waals surface area (Å²) in [5.41, 5.74) is 1.32. The van der Waals surface area contributed by atoms with Crippen LogP contribution >= 0.6 is 0 Å². The number of benzene rings is 1. The first-order valence-electron chi connectivity index (χ1n) is 9.44. The van der Waals surface area contributed by atoms with Crippen LogP contribution in [0.25, 0.3) is 0 Å². The predicted octanol–water partition coefficient (Wildman–Crippen LogP) is 4.93. The molecule has 0 bridgehead atoms. The van der Waals surface area contributed by atoms with Gasteiger partial charge in [0.15, 0.2) is 0 Å². The molecule has 5 nitrogen and oxygen atoms in total. The third kappa shape index (κ3) is 10.6. The number of nitrogens with zero attached hydrogens (tertiary/aromatic N) is 2. The first-order valence-corrected chi connectivity index (χ1v) is 9.44. The third-order valence-corrected chi connectivity index (χ3v) is 3.06. The first-order chi connectivity index (χ1) is 12.3. The van der Waals surface area contributed by atoms with Crippen molar-refractivity contribution in [2.75, 3.05) is 13.6 Å². The Balaban J connectivity index is -0.000000343. The molecule has 1 aromatic carbocycles. The number of Topliss-reactive ketones (excluding diaryl/α,β-unsaturated/α-hetero) is 1. The molecular weight excluding hydrogens is 328 g/mol. The highest BCUT2D eigenvalue weighted by molar-refractivity contribution is 6.06. The number of hydrogen-bond donors (Lipinski definition) is 0. The molecule has 26 heavy (non-hydrogen) atoms. The second-order valence-corrected chi connectivity index (χ2v) is 4.85. The van der Waals surface area contributed by atoms with Crippen molar-refractivity contribution in [1.29, 1.82) is 0 Å². The highest BCUT2D eigenvalue weighted by Gasteiger charge is 2.40. The minimum atomic E-state index is -0.452. The van der Waals surface area contributed by atoms with E-state index in [1.54, 1.807) is 14.0 Å². The molecule has 2 rings (SSSR count). The van der Waals surface area contributed by atoms with E-state index in [9.17, 15) is 14.4 Å². The van der Waals surface area contributed by atoms with Crippen LogP contribution in [0.3, 0.4) is 0 Å². The Hall–Kier alpha value is -2.17. The van der Waals surface area contributed by atoms with Crippen molar-refractivity contribution in [1.82, 2.24) is 9.80 Å². The Morgan fingerprint density at radius 3 is 1.62 bits per heavy atom. The van der Waals surface area contributed by atoms with Crippen LogP contribution in [0.4, 0.5) is 4.79 Å². The van der Waals surface area contributed by atoms with Gasteiger partial charge in [-0.2, -0.15) is 0 Å². The SMILES string of the molecule is CC.CC.CC.CC(=O)CN1C(=O)C(C)N(C)C1=O.Cc1ccccc1. The molecule has 5 heteroatoms. The molecule has 1 atom stereocenters. The van der Waals surface area contributed by atoms with Gasteiger partial charge in [-0.3, -0.25) is 14.5 Å². The zero-order valence-electron chi connectivity index (χ0n) is 18.3. The van der Waals surface area contributed by atoms with E-state index in [0.29, 0.717) is 0 Å². The van der Waals surface area contributed by atoms with Crippen molar-refractivity contribution < 1.29 is 14.4 Å². The molecule has 1 fully saturated rings. The lowest BCUT2D eigenvalue weighted by molar-refractivity contribution is -0.131. The lowest BCUT2D eigenvalue weighted by Crippen LogP contribution is -2.35. The van der Waals surface area contributed by atoms with Gasteiger partial charge in [-0.1, -0.05) is 77.4 Å². The fourth-order valence-corrected chi connectivity index (χ4v) is 1.74. The van der Waals surface area contributed by atoms with Crippen molar-refractivity contribution >= 4 is 17.7 Å². The van der Waals surface area contributed by atoms with E-state index in [0.717, 1.165) is 4.90 Å². The second-order valence-electron chi connectivity index (χ2n) is 4.85. The highest BCUT2D eigenvalue weighted by Crippen LogP contribution is 2.14. The van der Waals surface area contributed by atoms with Crippen LogP contribution in [0.1, 0.15) is 61.0 Å². The molecular formula is C21H38N2O3. The van der Waals surface area contributed by atoms with Gasteiger partial charge in [0.2, 0.25) is 0 Å². The molecule has 0 saturated carbocycles. The molecule has 0 radical (unpaired) electrons. The van der Waals surface area contributed by atoms with Gasteiger partial charge in [0.25, 0.3) is 5.91 Å². The lowest BCUT2D eigenvalue weighted by atomic mass is 10.2. The summed E-state index contributed by atoms with van der Waals surface area (Å²) in [6.07, 6.45) is 0. The maximum absolute atomic E-state index is 11.4. The van der Waals surface area contributed by atoms with E-state index in [-0.39, 0.29) is 18.2 Å². The largest absolute Gasteiger partial charge is 0.327 e. The number of amides is 3. The molecule has 0 N–H and O–H groups in total. The van der Waals surface area contributed by atoms with Crippen LogP contribution in [-0.4, -0.2) is 47.2 Å². The monoisotopic (exact) mass is 366 g/mol. The van der Waals surface area contributed by atoms with E-state index >= 15 is 0 Å². The molecule has 1 aliphatic rings. The van der Waals surface area contributed by atoms with Crippen LogP contribution in [0.5, 0.6) is 0 Å². The van der Waals surface area contributed by atoms with E-state index in [2.05, 4.69) is 19.1 Å². The summed E-state index contributed by atoms with van der Waals surface area (Å²) < 4.78 is 0. The molecule has 1 unspecified atom stereocenters. The number of hydrogen-bond acceptors (Lipinski definition) is 3. The third-order valence-electron chi connectivity index (χ3n) is 3.06. The summed E-state index contributed by atoms with van der Waals surface area (Å²) >= 11 is 0. The molecule has 1 saturated heterocycles. The van der Waals surface area contributed by atoms with Crippen LogP contribution in [0.2, 0.25) is 0 Å². The Kier molecular flexibility index (Phi) is 19.4. The number of carbonyl (C=O) groups excluding carboxylic acids is 3. The number of ketones is 1. The lowest BCUT2D eigenvalue weighted by Gasteiger charge is -2.11. The number of likely N-dealkylation sites (N-methyl/N-ethyl adjacent to an activating group) is 1. The number of rotatable bonds is 2. The van der Waals surface area contributed by atoms with Crippen molar-refractivity contribution in [2.45, 2.75) is 68.4 Å². The van der Waals surface area contributed by atoms with Crippen molar-refractivity contribution in [3.8, 4) is 0 Å². The second kappa shape index (κ2) is 17.6. The topological polar surface area (TPSA) is 57.7 Å². The summed E-state index contributed by atoms with van der Waals surface area (Å²) in [5.74, 6) is -0.494. The minimum absolute atomic E-state index is 0.119. The van der Waals surface area contributed by atoms with Gasteiger partial charge in [-0.15, -0.1) is 0 Å². The van der Waals surface area contributed by atoms with E-state index < -0.39 is 12.1 Å². The fraction of sp³-hybridized carbons (Fsp3) is 0.571. The van der Waals surface area contributed by atoms with E-state index in [1.807, 2.05) is 59.7 Å². The average Bonchev–Trinajstić information content (AvgIpc) is 2.85. The zero-order valence-corrected chi connectivity index (χ0v) is 18.3. The average molecular weight is 367 g/mol. The van der Waals surface area contributed by atoms with Gasteiger partial charge < -0.3 is 4.90 Å². The van der Waals surface area contributed by atoms with Crippen LogP contribution in [0, 0.1) is 6.92 Å².